The Balaban J connectivity index is 2.25. The summed E-state index contributed by atoms with van der Waals surface area (Å²) in [6, 6.07) is 5.74. The molecule has 0 aliphatic rings. The van der Waals surface area contributed by atoms with Crippen LogP contribution in [0.15, 0.2) is 30.6 Å². The minimum atomic E-state index is -0.569. The average molecular weight is 200 g/mol. The second-order valence-corrected chi connectivity index (χ2v) is 3.39. The van der Waals surface area contributed by atoms with Gasteiger partial charge in [-0.25, -0.2) is 4.98 Å². The Labute approximate surface area is 88.4 Å². The fourth-order valence-electron chi connectivity index (χ4n) is 1.48. The zero-order valence-electron chi connectivity index (χ0n) is 8.30. The molecule has 0 saturated carbocycles. The molecule has 0 saturated heterocycles. The molecule has 2 aromatic heterocycles. The minimum absolute atomic E-state index is 0.556. The Morgan fingerprint density at radius 2 is 2.40 bits per heavy atom. The highest BCUT2D eigenvalue weighted by Crippen LogP contribution is 2.17. The number of aliphatic hydroxyl groups is 1. The van der Waals surface area contributed by atoms with E-state index in [1.165, 1.54) is 0 Å². The summed E-state index contributed by atoms with van der Waals surface area (Å²) in [4.78, 5) is 4.31. The van der Waals surface area contributed by atoms with Crippen molar-refractivity contribution in [1.82, 2.24) is 9.38 Å². The molecule has 0 aliphatic heterocycles. The first kappa shape index (κ1) is 9.75. The van der Waals surface area contributed by atoms with Gasteiger partial charge in [-0.15, -0.1) is 12.3 Å². The van der Waals surface area contributed by atoms with Gasteiger partial charge in [-0.05, 0) is 18.6 Å². The highest BCUT2D eigenvalue weighted by atomic mass is 16.3. The summed E-state index contributed by atoms with van der Waals surface area (Å²) in [6.07, 6.45) is 9.43. The number of nitrogens with zero attached hydrogens (tertiary/aromatic N) is 2. The molecule has 0 radical (unpaired) electrons. The maximum absolute atomic E-state index is 9.78. The molecule has 3 heteroatoms. The van der Waals surface area contributed by atoms with Gasteiger partial charge in [0.25, 0.3) is 0 Å². The molecule has 15 heavy (non-hydrogen) atoms. The fourth-order valence-corrected chi connectivity index (χ4v) is 1.48. The van der Waals surface area contributed by atoms with Gasteiger partial charge in [0.05, 0.1) is 11.8 Å². The van der Waals surface area contributed by atoms with Crippen molar-refractivity contribution < 1.29 is 5.11 Å². The van der Waals surface area contributed by atoms with Crippen LogP contribution in [-0.2, 0) is 0 Å². The normalized spacial score (nSPS) is 12.5. The van der Waals surface area contributed by atoms with Crippen LogP contribution in [0.5, 0.6) is 0 Å². The molecule has 0 amide bonds. The van der Waals surface area contributed by atoms with E-state index < -0.39 is 6.10 Å². The molecule has 76 valence electrons. The van der Waals surface area contributed by atoms with Gasteiger partial charge in [0.2, 0.25) is 0 Å². The molecule has 2 heterocycles. The summed E-state index contributed by atoms with van der Waals surface area (Å²) in [5.74, 6) is 2.51. The van der Waals surface area contributed by atoms with Crippen LogP contribution in [0.25, 0.3) is 5.65 Å². The number of fused-ring (bicyclic) bond motifs is 1. The highest BCUT2D eigenvalue weighted by Gasteiger charge is 2.10. The molecule has 1 N–H and O–H groups in total. The number of imidazole rings is 1. The van der Waals surface area contributed by atoms with Crippen molar-refractivity contribution in [3.05, 3.63) is 36.3 Å². The van der Waals surface area contributed by atoms with Crippen LogP contribution >= 0.6 is 0 Å². The maximum Gasteiger partial charge on any atom is 0.137 e. The van der Waals surface area contributed by atoms with Gasteiger partial charge >= 0.3 is 0 Å². The first-order chi connectivity index (χ1) is 7.31. The Hall–Kier alpha value is -1.79. The van der Waals surface area contributed by atoms with E-state index in [0.717, 1.165) is 5.65 Å². The third-order valence-electron chi connectivity index (χ3n) is 2.29. The van der Waals surface area contributed by atoms with E-state index in [-0.39, 0.29) is 0 Å². The molecular weight excluding hydrogens is 188 g/mol. The van der Waals surface area contributed by atoms with E-state index in [1.807, 2.05) is 35.0 Å². The number of hydrogen-bond acceptors (Lipinski definition) is 2. The molecule has 0 fully saturated rings. The second kappa shape index (κ2) is 4.16. The predicted octanol–water partition coefficient (Wildman–Crippen LogP) is 1.78. The quantitative estimate of drug-likeness (QED) is 0.767. The number of hydrogen-bond donors (Lipinski definition) is 1. The summed E-state index contributed by atoms with van der Waals surface area (Å²) in [5.41, 5.74) is 1.52. The van der Waals surface area contributed by atoms with Crippen molar-refractivity contribution >= 4 is 5.65 Å². The molecule has 0 aliphatic carbocycles. The van der Waals surface area contributed by atoms with Crippen molar-refractivity contribution in [2.24, 2.45) is 0 Å². The fraction of sp³-hybridized carbons (Fsp3) is 0.250. The third kappa shape index (κ3) is 2.00. The van der Waals surface area contributed by atoms with Gasteiger partial charge in [0.1, 0.15) is 5.65 Å². The van der Waals surface area contributed by atoms with E-state index in [0.29, 0.717) is 18.5 Å². The molecule has 1 atom stereocenters. The van der Waals surface area contributed by atoms with Crippen molar-refractivity contribution in [2.75, 3.05) is 0 Å². The van der Waals surface area contributed by atoms with Crippen molar-refractivity contribution in [3.8, 4) is 12.3 Å². The molecule has 2 rings (SSSR count). The minimum Gasteiger partial charge on any atom is -0.387 e. The van der Waals surface area contributed by atoms with Gasteiger partial charge < -0.3 is 9.51 Å². The maximum atomic E-state index is 9.78. The summed E-state index contributed by atoms with van der Waals surface area (Å²) in [5, 5.41) is 9.78. The number of rotatable bonds is 3. The Bertz CT molecular complexity index is 463. The van der Waals surface area contributed by atoms with Gasteiger partial charge in [-0.1, -0.05) is 6.07 Å². The van der Waals surface area contributed by atoms with Gasteiger partial charge in [0, 0.05) is 18.8 Å². The second-order valence-electron chi connectivity index (χ2n) is 3.39. The summed E-state index contributed by atoms with van der Waals surface area (Å²) < 4.78 is 1.88. The summed E-state index contributed by atoms with van der Waals surface area (Å²) >= 11 is 0. The van der Waals surface area contributed by atoms with Crippen LogP contribution in [0.2, 0.25) is 0 Å². The van der Waals surface area contributed by atoms with Crippen LogP contribution in [0.3, 0.4) is 0 Å². The van der Waals surface area contributed by atoms with Crippen LogP contribution < -0.4 is 0 Å². The molecule has 1 unspecified atom stereocenters. The lowest BCUT2D eigenvalue weighted by molar-refractivity contribution is 0.165. The standard InChI is InChI=1S/C12H12N2O/c1-2-3-6-11(15)10-9-14-8-5-4-7-12(14)13-10/h1,4-5,7-9,11,15H,3,6H2. The first-order valence-corrected chi connectivity index (χ1v) is 4.86. The Kier molecular flexibility index (Phi) is 2.70. The number of aliphatic hydroxyl groups excluding tert-OH is 1. The topological polar surface area (TPSA) is 37.5 Å². The van der Waals surface area contributed by atoms with Crippen LogP contribution in [-0.4, -0.2) is 14.5 Å². The largest absolute Gasteiger partial charge is 0.387 e. The Morgan fingerprint density at radius 1 is 1.53 bits per heavy atom. The lowest BCUT2D eigenvalue weighted by atomic mass is 10.1. The summed E-state index contributed by atoms with van der Waals surface area (Å²) in [7, 11) is 0. The molecule has 0 aromatic carbocycles. The monoisotopic (exact) mass is 200 g/mol. The summed E-state index contributed by atoms with van der Waals surface area (Å²) in [6.45, 7) is 0. The van der Waals surface area contributed by atoms with Crippen molar-refractivity contribution in [2.45, 2.75) is 18.9 Å². The van der Waals surface area contributed by atoms with E-state index in [9.17, 15) is 5.11 Å². The first-order valence-electron chi connectivity index (χ1n) is 4.86. The van der Waals surface area contributed by atoms with Crippen LogP contribution in [0.1, 0.15) is 24.6 Å². The number of aromatic nitrogens is 2. The number of pyridine rings is 1. The lowest BCUT2D eigenvalue weighted by Crippen LogP contribution is -1.96. The molecular formula is C12H12N2O. The van der Waals surface area contributed by atoms with E-state index in [4.69, 9.17) is 6.42 Å². The molecule has 3 nitrogen and oxygen atoms in total. The van der Waals surface area contributed by atoms with Gasteiger partial charge in [-0.3, -0.25) is 0 Å². The van der Waals surface area contributed by atoms with Crippen molar-refractivity contribution in [1.29, 1.82) is 0 Å². The van der Waals surface area contributed by atoms with Gasteiger partial charge in [0.15, 0.2) is 0 Å². The SMILES string of the molecule is C#CCCC(O)c1cn2ccccc2n1. The van der Waals surface area contributed by atoms with E-state index in [2.05, 4.69) is 10.9 Å². The van der Waals surface area contributed by atoms with Gasteiger partial charge in [-0.2, -0.15) is 0 Å². The third-order valence-corrected chi connectivity index (χ3v) is 2.29. The highest BCUT2D eigenvalue weighted by molar-refractivity contribution is 5.39. The number of terminal acetylenes is 1. The van der Waals surface area contributed by atoms with Crippen LogP contribution in [0, 0.1) is 12.3 Å². The Morgan fingerprint density at radius 3 is 3.13 bits per heavy atom. The van der Waals surface area contributed by atoms with E-state index >= 15 is 0 Å². The molecule has 0 spiro atoms. The average Bonchev–Trinajstić information content (AvgIpc) is 2.69. The smallest absolute Gasteiger partial charge is 0.137 e. The molecule has 0 bridgehead atoms. The predicted molar refractivity (Wildman–Crippen MR) is 58.2 cm³/mol. The van der Waals surface area contributed by atoms with E-state index in [1.54, 1.807) is 0 Å². The lowest BCUT2D eigenvalue weighted by Gasteiger charge is -2.03. The zero-order valence-corrected chi connectivity index (χ0v) is 8.30. The van der Waals surface area contributed by atoms with Crippen molar-refractivity contribution in [3.63, 3.8) is 0 Å². The molecule has 2 aromatic rings. The zero-order chi connectivity index (χ0) is 10.7. The van der Waals surface area contributed by atoms with Crippen LogP contribution in [0.4, 0.5) is 0 Å².